The Morgan fingerprint density at radius 2 is 1.86 bits per heavy atom. The summed E-state index contributed by atoms with van der Waals surface area (Å²) in [5.41, 5.74) is 0.541. The van der Waals surface area contributed by atoms with Gasteiger partial charge in [0, 0.05) is 19.1 Å². The summed E-state index contributed by atoms with van der Waals surface area (Å²) in [6.45, 7) is 5.29. The van der Waals surface area contributed by atoms with Crippen molar-refractivity contribution in [2.24, 2.45) is 0 Å². The molecule has 0 aromatic heterocycles. The number of benzene rings is 1. The maximum absolute atomic E-state index is 11.8. The van der Waals surface area contributed by atoms with Gasteiger partial charge in [-0.3, -0.25) is 0 Å². The molecule has 21 heavy (non-hydrogen) atoms. The van der Waals surface area contributed by atoms with Gasteiger partial charge in [-0.2, -0.15) is 0 Å². The molecule has 3 N–H and O–H groups in total. The van der Waals surface area contributed by atoms with Crippen LogP contribution >= 0.6 is 0 Å². The number of amides is 2. The minimum atomic E-state index is -1.09. The second-order valence-corrected chi connectivity index (χ2v) is 5.16. The molecule has 1 aromatic carbocycles. The summed E-state index contributed by atoms with van der Waals surface area (Å²) >= 11 is 0. The van der Waals surface area contributed by atoms with Crippen molar-refractivity contribution in [1.82, 2.24) is 15.5 Å². The molecule has 6 nitrogen and oxygen atoms in total. The van der Waals surface area contributed by atoms with Gasteiger partial charge < -0.3 is 20.6 Å². The number of hydrogen-bond donors (Lipinski definition) is 3. The first-order valence-electron chi connectivity index (χ1n) is 6.94. The number of carbonyl (C=O) groups excluding carboxylic acids is 1. The quantitative estimate of drug-likeness (QED) is 0.711. The predicted molar refractivity (Wildman–Crippen MR) is 81.1 cm³/mol. The number of carboxylic acids is 1. The van der Waals surface area contributed by atoms with Gasteiger partial charge in [-0.25, -0.2) is 9.59 Å². The van der Waals surface area contributed by atoms with Crippen LogP contribution in [0.3, 0.4) is 0 Å². The number of rotatable bonds is 7. The molecule has 116 valence electrons. The van der Waals surface area contributed by atoms with Crippen LogP contribution in [0.4, 0.5) is 4.79 Å². The minimum Gasteiger partial charge on any atom is -0.479 e. The third kappa shape index (κ3) is 5.83. The topological polar surface area (TPSA) is 81.7 Å². The first kappa shape index (κ1) is 17.0. The van der Waals surface area contributed by atoms with E-state index in [-0.39, 0.29) is 0 Å². The van der Waals surface area contributed by atoms with E-state index in [1.165, 1.54) is 0 Å². The molecule has 0 saturated heterocycles. The number of nitrogens with zero attached hydrogens (tertiary/aromatic N) is 1. The molecule has 0 spiro atoms. The van der Waals surface area contributed by atoms with Gasteiger partial charge in [-0.15, -0.1) is 0 Å². The zero-order valence-electron chi connectivity index (χ0n) is 12.7. The molecule has 1 rings (SSSR count). The van der Waals surface area contributed by atoms with Crippen LogP contribution in [0.25, 0.3) is 0 Å². The standard InChI is InChI=1S/C15H23N3O3/c1-11(2)18(3)10-9-16-15(21)17-13(14(19)20)12-7-5-4-6-8-12/h4-8,11,13H,9-10H2,1-3H3,(H,19,20)(H2,16,17,21)/t13-/m1/s1. The van der Waals surface area contributed by atoms with Crippen LogP contribution in [0, 0.1) is 0 Å². The molecule has 0 bridgehead atoms. The van der Waals surface area contributed by atoms with E-state index in [0.717, 1.165) is 0 Å². The maximum atomic E-state index is 11.8. The first-order chi connectivity index (χ1) is 9.91. The van der Waals surface area contributed by atoms with Gasteiger partial charge >= 0.3 is 12.0 Å². The summed E-state index contributed by atoms with van der Waals surface area (Å²) in [4.78, 5) is 25.1. The molecule has 0 saturated carbocycles. The zero-order chi connectivity index (χ0) is 15.8. The van der Waals surface area contributed by atoms with E-state index in [1.807, 2.05) is 7.05 Å². The van der Waals surface area contributed by atoms with Gasteiger partial charge in [0.15, 0.2) is 6.04 Å². The molecule has 0 aliphatic heterocycles. The molecule has 0 radical (unpaired) electrons. The Morgan fingerprint density at radius 1 is 1.24 bits per heavy atom. The highest BCUT2D eigenvalue weighted by Gasteiger charge is 2.21. The van der Waals surface area contributed by atoms with Gasteiger partial charge in [0.05, 0.1) is 0 Å². The van der Waals surface area contributed by atoms with E-state index in [1.54, 1.807) is 30.3 Å². The van der Waals surface area contributed by atoms with Gasteiger partial charge in [-0.1, -0.05) is 30.3 Å². The van der Waals surface area contributed by atoms with Crippen LogP contribution in [0.1, 0.15) is 25.5 Å². The highest BCUT2D eigenvalue weighted by Crippen LogP contribution is 2.12. The van der Waals surface area contributed by atoms with E-state index in [0.29, 0.717) is 24.7 Å². The number of likely N-dealkylation sites (N-methyl/N-ethyl adjacent to an activating group) is 1. The summed E-state index contributed by atoms with van der Waals surface area (Å²) < 4.78 is 0. The largest absolute Gasteiger partial charge is 0.479 e. The minimum absolute atomic E-state index is 0.394. The van der Waals surface area contributed by atoms with Crippen LogP contribution in [0.15, 0.2) is 30.3 Å². The third-order valence-corrected chi connectivity index (χ3v) is 3.29. The highest BCUT2D eigenvalue weighted by atomic mass is 16.4. The van der Waals surface area contributed by atoms with Crippen molar-refractivity contribution in [1.29, 1.82) is 0 Å². The predicted octanol–water partition coefficient (Wildman–Crippen LogP) is 1.45. The second kappa shape index (κ2) is 8.26. The Bertz CT molecular complexity index is 462. The smallest absolute Gasteiger partial charge is 0.330 e. The van der Waals surface area contributed by atoms with Crippen LogP contribution < -0.4 is 10.6 Å². The number of nitrogens with one attached hydrogen (secondary N) is 2. The molecule has 0 aliphatic carbocycles. The third-order valence-electron chi connectivity index (χ3n) is 3.29. The highest BCUT2D eigenvalue weighted by molar-refractivity contribution is 5.83. The van der Waals surface area contributed by atoms with Crippen molar-refractivity contribution in [3.05, 3.63) is 35.9 Å². The lowest BCUT2D eigenvalue weighted by molar-refractivity contribution is -0.139. The van der Waals surface area contributed by atoms with E-state index in [2.05, 4.69) is 29.4 Å². The van der Waals surface area contributed by atoms with Crippen molar-refractivity contribution >= 4 is 12.0 Å². The summed E-state index contributed by atoms with van der Waals surface area (Å²) in [5.74, 6) is -1.09. The Morgan fingerprint density at radius 3 is 2.38 bits per heavy atom. The number of aliphatic carboxylic acids is 1. The van der Waals surface area contributed by atoms with Crippen molar-refractivity contribution in [3.63, 3.8) is 0 Å². The van der Waals surface area contributed by atoms with E-state index in [4.69, 9.17) is 0 Å². The monoisotopic (exact) mass is 293 g/mol. The van der Waals surface area contributed by atoms with Crippen LogP contribution in [-0.2, 0) is 4.79 Å². The number of urea groups is 1. The van der Waals surface area contributed by atoms with Crippen molar-refractivity contribution in [3.8, 4) is 0 Å². The molecule has 1 atom stereocenters. The Hall–Kier alpha value is -2.08. The number of hydrogen-bond acceptors (Lipinski definition) is 3. The average molecular weight is 293 g/mol. The Kier molecular flexibility index (Phi) is 6.68. The molecule has 2 amide bonds. The summed E-state index contributed by atoms with van der Waals surface area (Å²) in [5, 5.41) is 14.3. The molecule has 6 heteroatoms. The number of carbonyl (C=O) groups is 2. The van der Waals surface area contributed by atoms with E-state index >= 15 is 0 Å². The molecular weight excluding hydrogens is 270 g/mol. The fraction of sp³-hybridized carbons (Fsp3) is 0.467. The van der Waals surface area contributed by atoms with Crippen LogP contribution in [0.5, 0.6) is 0 Å². The van der Waals surface area contributed by atoms with Gasteiger partial charge in [-0.05, 0) is 26.5 Å². The molecule has 0 unspecified atom stereocenters. The van der Waals surface area contributed by atoms with Crippen molar-refractivity contribution < 1.29 is 14.7 Å². The van der Waals surface area contributed by atoms with Gasteiger partial charge in [0.25, 0.3) is 0 Å². The molecule has 0 aliphatic rings. The van der Waals surface area contributed by atoms with E-state index < -0.39 is 18.0 Å². The summed E-state index contributed by atoms with van der Waals surface area (Å²) in [7, 11) is 1.97. The summed E-state index contributed by atoms with van der Waals surface area (Å²) in [6.07, 6.45) is 0. The SMILES string of the molecule is CC(C)N(C)CCNC(=O)N[C@@H](C(=O)O)c1ccccc1. The van der Waals surface area contributed by atoms with E-state index in [9.17, 15) is 14.7 Å². The average Bonchev–Trinajstić information content (AvgIpc) is 2.45. The van der Waals surface area contributed by atoms with Crippen molar-refractivity contribution in [2.45, 2.75) is 25.9 Å². The Balaban J connectivity index is 2.49. The summed E-state index contributed by atoms with van der Waals surface area (Å²) in [6, 6.07) is 7.48. The molecular formula is C15H23N3O3. The lowest BCUT2D eigenvalue weighted by atomic mass is 10.1. The first-order valence-corrected chi connectivity index (χ1v) is 6.94. The van der Waals surface area contributed by atoms with Crippen molar-refractivity contribution in [2.75, 3.05) is 20.1 Å². The lowest BCUT2D eigenvalue weighted by Gasteiger charge is -2.21. The zero-order valence-corrected chi connectivity index (χ0v) is 12.7. The normalized spacial score (nSPS) is 12.2. The molecule has 0 fully saturated rings. The fourth-order valence-electron chi connectivity index (χ4n) is 1.72. The van der Waals surface area contributed by atoms with Crippen LogP contribution in [-0.4, -0.2) is 48.2 Å². The lowest BCUT2D eigenvalue weighted by Crippen LogP contribution is -2.43. The Labute approximate surface area is 125 Å². The molecule has 1 aromatic rings. The molecule has 0 heterocycles. The second-order valence-electron chi connectivity index (χ2n) is 5.16. The maximum Gasteiger partial charge on any atom is 0.330 e. The number of carboxylic acid groups (broad SMARTS) is 1. The fourth-order valence-corrected chi connectivity index (χ4v) is 1.72. The van der Waals surface area contributed by atoms with Crippen LogP contribution in [0.2, 0.25) is 0 Å². The van der Waals surface area contributed by atoms with Gasteiger partial charge in [0.2, 0.25) is 0 Å². The van der Waals surface area contributed by atoms with Gasteiger partial charge in [0.1, 0.15) is 0 Å².